The lowest BCUT2D eigenvalue weighted by atomic mass is 10.1. The number of nitrogens with zero attached hydrogens (tertiary/aromatic N) is 1. The van der Waals surface area contributed by atoms with E-state index in [0.29, 0.717) is 12.1 Å². The number of amides is 1. The van der Waals surface area contributed by atoms with Crippen LogP contribution in [0.4, 0.5) is 11.4 Å². The highest BCUT2D eigenvalue weighted by Gasteiger charge is 2.19. The molecule has 6 nitrogen and oxygen atoms in total. The fraction of sp³-hybridized carbons (Fsp3) is 0.188. The smallest absolute Gasteiger partial charge is 0.271 e. The summed E-state index contributed by atoms with van der Waals surface area (Å²) in [4.78, 5) is 22.5. The normalized spacial score (nSPS) is 11.7. The lowest BCUT2D eigenvalue weighted by Gasteiger charge is -2.16. The number of anilines is 1. The van der Waals surface area contributed by atoms with Crippen molar-refractivity contribution in [1.29, 1.82) is 0 Å². The minimum atomic E-state index is -0.538. The first kappa shape index (κ1) is 16.9. The number of hydrogen-bond donors (Lipinski definition) is 2. The van der Waals surface area contributed by atoms with Crippen molar-refractivity contribution in [1.82, 2.24) is 5.32 Å². The van der Waals surface area contributed by atoms with Gasteiger partial charge < -0.3 is 10.6 Å². The summed E-state index contributed by atoms with van der Waals surface area (Å²) in [6.07, 6.45) is 0.522. The summed E-state index contributed by atoms with van der Waals surface area (Å²) >= 11 is 5.99. The van der Waals surface area contributed by atoms with E-state index >= 15 is 0 Å². The molecule has 2 aromatic rings. The summed E-state index contributed by atoms with van der Waals surface area (Å²) in [5.74, 6) is -0.257. The van der Waals surface area contributed by atoms with E-state index in [-0.39, 0.29) is 16.6 Å². The molecular weight excluding hydrogens is 318 g/mol. The second kappa shape index (κ2) is 7.71. The van der Waals surface area contributed by atoms with Gasteiger partial charge in [-0.3, -0.25) is 14.9 Å². The molecule has 0 aliphatic rings. The van der Waals surface area contributed by atoms with Crippen molar-refractivity contribution < 1.29 is 9.72 Å². The fourth-order valence-corrected chi connectivity index (χ4v) is 2.34. The summed E-state index contributed by atoms with van der Waals surface area (Å²) in [6, 6.07) is 13.1. The maximum Gasteiger partial charge on any atom is 0.271 e. The SMILES string of the molecule is CNC(Cc1ccccc1)C(=O)Nc1ccc([N+](=O)[O-])cc1Cl. The van der Waals surface area contributed by atoms with E-state index < -0.39 is 11.0 Å². The Morgan fingerprint density at radius 3 is 2.52 bits per heavy atom. The van der Waals surface area contributed by atoms with Crippen LogP contribution >= 0.6 is 11.6 Å². The molecule has 0 radical (unpaired) electrons. The molecule has 0 heterocycles. The first-order chi connectivity index (χ1) is 11.0. The lowest BCUT2D eigenvalue weighted by Crippen LogP contribution is -2.40. The maximum atomic E-state index is 12.4. The number of rotatable bonds is 6. The van der Waals surface area contributed by atoms with Gasteiger partial charge in [0.05, 0.1) is 21.7 Å². The van der Waals surface area contributed by atoms with Crippen molar-refractivity contribution >= 4 is 28.9 Å². The summed E-state index contributed by atoms with van der Waals surface area (Å²) in [5, 5.41) is 16.5. The minimum Gasteiger partial charge on any atom is -0.323 e. The highest BCUT2D eigenvalue weighted by atomic mass is 35.5. The Kier molecular flexibility index (Phi) is 5.67. The van der Waals surface area contributed by atoms with Gasteiger partial charge in [-0.15, -0.1) is 0 Å². The van der Waals surface area contributed by atoms with E-state index in [2.05, 4.69) is 10.6 Å². The van der Waals surface area contributed by atoms with Crippen LogP contribution in [-0.2, 0) is 11.2 Å². The van der Waals surface area contributed by atoms with Gasteiger partial charge in [-0.25, -0.2) is 0 Å². The van der Waals surface area contributed by atoms with Crippen LogP contribution in [0.3, 0.4) is 0 Å². The van der Waals surface area contributed by atoms with Crippen molar-refractivity contribution in [2.24, 2.45) is 0 Å². The van der Waals surface area contributed by atoms with Crippen molar-refractivity contribution in [3.05, 3.63) is 69.2 Å². The number of nitro groups is 1. The third kappa shape index (κ3) is 4.51. The number of halogens is 1. The van der Waals surface area contributed by atoms with Crippen LogP contribution in [0.15, 0.2) is 48.5 Å². The molecule has 0 aliphatic heterocycles. The van der Waals surface area contributed by atoms with Gasteiger partial charge >= 0.3 is 0 Å². The molecule has 0 spiro atoms. The Morgan fingerprint density at radius 1 is 1.26 bits per heavy atom. The number of carbonyl (C=O) groups is 1. The standard InChI is InChI=1S/C16H16ClN3O3/c1-18-15(9-11-5-3-2-4-6-11)16(21)19-14-8-7-12(20(22)23)10-13(14)17/h2-8,10,15,18H,9H2,1H3,(H,19,21). The first-order valence-corrected chi connectivity index (χ1v) is 7.35. The van der Waals surface area contributed by atoms with Crippen LogP contribution in [0.25, 0.3) is 0 Å². The second-order valence-electron chi connectivity index (χ2n) is 4.94. The zero-order valence-electron chi connectivity index (χ0n) is 12.5. The molecule has 0 aliphatic carbocycles. The van der Waals surface area contributed by atoms with Crippen LogP contribution in [0.2, 0.25) is 5.02 Å². The van der Waals surface area contributed by atoms with Crippen molar-refractivity contribution in [2.75, 3.05) is 12.4 Å². The molecule has 1 atom stereocenters. The van der Waals surface area contributed by atoms with Gasteiger partial charge in [-0.1, -0.05) is 41.9 Å². The Labute approximate surface area is 138 Å². The van der Waals surface area contributed by atoms with Crippen molar-refractivity contribution in [3.63, 3.8) is 0 Å². The van der Waals surface area contributed by atoms with E-state index in [0.717, 1.165) is 5.56 Å². The third-order valence-electron chi connectivity index (χ3n) is 3.37. The molecule has 0 saturated carbocycles. The zero-order chi connectivity index (χ0) is 16.8. The van der Waals surface area contributed by atoms with Gasteiger partial charge in [-0.05, 0) is 25.1 Å². The second-order valence-corrected chi connectivity index (χ2v) is 5.35. The molecule has 1 amide bonds. The van der Waals surface area contributed by atoms with E-state index in [1.807, 2.05) is 30.3 Å². The van der Waals surface area contributed by atoms with Gasteiger partial charge in [0, 0.05) is 12.1 Å². The molecule has 1 unspecified atom stereocenters. The molecular formula is C16H16ClN3O3. The van der Waals surface area contributed by atoms with Crippen molar-refractivity contribution in [3.8, 4) is 0 Å². The van der Waals surface area contributed by atoms with Gasteiger partial charge in [0.1, 0.15) is 0 Å². The molecule has 2 N–H and O–H groups in total. The number of nitro benzene ring substituents is 1. The van der Waals surface area contributed by atoms with Crippen LogP contribution in [0.1, 0.15) is 5.56 Å². The maximum absolute atomic E-state index is 12.4. The number of non-ortho nitro benzene ring substituents is 1. The third-order valence-corrected chi connectivity index (χ3v) is 3.68. The van der Waals surface area contributed by atoms with Crippen LogP contribution in [0.5, 0.6) is 0 Å². The van der Waals surface area contributed by atoms with Crippen LogP contribution in [0, 0.1) is 10.1 Å². The Bertz CT molecular complexity index is 707. The Hall–Kier alpha value is -2.44. The predicted molar refractivity (Wildman–Crippen MR) is 89.7 cm³/mol. The molecule has 0 saturated heterocycles. The highest BCUT2D eigenvalue weighted by molar-refractivity contribution is 6.34. The topological polar surface area (TPSA) is 84.3 Å². The predicted octanol–water partition coefficient (Wildman–Crippen LogP) is 3.02. The average Bonchev–Trinajstić information content (AvgIpc) is 2.55. The monoisotopic (exact) mass is 333 g/mol. The van der Waals surface area contributed by atoms with E-state index in [1.54, 1.807) is 7.05 Å². The number of hydrogen-bond acceptors (Lipinski definition) is 4. The average molecular weight is 334 g/mol. The summed E-state index contributed by atoms with van der Waals surface area (Å²) < 4.78 is 0. The van der Waals surface area contributed by atoms with E-state index in [4.69, 9.17) is 11.6 Å². The van der Waals surface area contributed by atoms with Gasteiger partial charge in [0.15, 0.2) is 0 Å². The molecule has 0 aromatic heterocycles. The number of nitrogens with one attached hydrogen (secondary N) is 2. The molecule has 7 heteroatoms. The number of likely N-dealkylation sites (N-methyl/N-ethyl adjacent to an activating group) is 1. The molecule has 0 fully saturated rings. The van der Waals surface area contributed by atoms with E-state index in [1.165, 1.54) is 18.2 Å². The van der Waals surface area contributed by atoms with Crippen molar-refractivity contribution in [2.45, 2.75) is 12.5 Å². The molecule has 2 rings (SSSR count). The minimum absolute atomic E-state index is 0.123. The summed E-state index contributed by atoms with van der Waals surface area (Å²) in [5.41, 5.74) is 1.25. The molecule has 120 valence electrons. The Morgan fingerprint density at radius 2 is 1.96 bits per heavy atom. The van der Waals surface area contributed by atoms with Gasteiger partial charge in [0.25, 0.3) is 5.69 Å². The van der Waals surface area contributed by atoms with Crippen LogP contribution in [-0.4, -0.2) is 23.9 Å². The first-order valence-electron chi connectivity index (χ1n) is 6.97. The summed E-state index contributed by atoms with van der Waals surface area (Å²) in [6.45, 7) is 0. The fourth-order valence-electron chi connectivity index (χ4n) is 2.11. The van der Waals surface area contributed by atoms with Crippen LogP contribution < -0.4 is 10.6 Å². The number of benzene rings is 2. The highest BCUT2D eigenvalue weighted by Crippen LogP contribution is 2.26. The molecule has 23 heavy (non-hydrogen) atoms. The van der Waals surface area contributed by atoms with Gasteiger partial charge in [0.2, 0.25) is 5.91 Å². The largest absolute Gasteiger partial charge is 0.323 e. The molecule has 2 aromatic carbocycles. The quantitative estimate of drug-likeness (QED) is 0.628. The Balaban J connectivity index is 2.09. The van der Waals surface area contributed by atoms with E-state index in [9.17, 15) is 14.9 Å². The number of carbonyl (C=O) groups excluding carboxylic acids is 1. The molecule has 0 bridgehead atoms. The zero-order valence-corrected chi connectivity index (χ0v) is 13.2. The van der Waals surface area contributed by atoms with Gasteiger partial charge in [-0.2, -0.15) is 0 Å². The lowest BCUT2D eigenvalue weighted by molar-refractivity contribution is -0.384. The summed E-state index contributed by atoms with van der Waals surface area (Å²) in [7, 11) is 1.70.